The molecule has 1 N–H and O–H groups in total. The molecule has 0 amide bonds. The Kier molecular flexibility index (Phi) is 5.66. The van der Waals surface area contributed by atoms with Crippen LogP contribution in [0.5, 0.6) is 0 Å². The SMILES string of the molecule is Cc1ccc(-c2cn(CCCN3C[C@@H]4C[C@]4(c4ccc(C(F)(F)F)cc4)C3)c(=O)[nH]c2=O)c(F)n1. The van der Waals surface area contributed by atoms with E-state index in [0.717, 1.165) is 37.2 Å². The van der Waals surface area contributed by atoms with Gasteiger partial charge in [0.2, 0.25) is 5.95 Å². The largest absolute Gasteiger partial charge is 0.416 e. The minimum Gasteiger partial charge on any atom is -0.302 e. The van der Waals surface area contributed by atoms with Gasteiger partial charge in [0.15, 0.2) is 0 Å². The van der Waals surface area contributed by atoms with Crippen LogP contribution < -0.4 is 11.2 Å². The average Bonchev–Trinajstić information content (AvgIpc) is 3.36. The van der Waals surface area contributed by atoms with Crippen molar-refractivity contribution in [3.63, 3.8) is 0 Å². The van der Waals surface area contributed by atoms with Gasteiger partial charge in [-0.15, -0.1) is 0 Å². The molecule has 2 aliphatic rings. The lowest BCUT2D eigenvalue weighted by Gasteiger charge is -2.21. The summed E-state index contributed by atoms with van der Waals surface area (Å²) in [5, 5.41) is 0. The third-order valence-electron chi connectivity index (χ3n) is 7.17. The fraction of sp³-hybridized carbons (Fsp3) is 0.400. The van der Waals surface area contributed by atoms with Crippen LogP contribution in [0.3, 0.4) is 0 Å². The number of H-pyrrole nitrogens is 1. The van der Waals surface area contributed by atoms with E-state index in [2.05, 4.69) is 14.9 Å². The number of nitrogens with one attached hydrogen (secondary N) is 1. The number of nitrogens with zero attached hydrogens (tertiary/aromatic N) is 3. The van der Waals surface area contributed by atoms with Gasteiger partial charge < -0.3 is 4.90 Å². The average molecular weight is 488 g/mol. The van der Waals surface area contributed by atoms with Gasteiger partial charge in [-0.1, -0.05) is 12.1 Å². The first-order chi connectivity index (χ1) is 16.6. The lowest BCUT2D eigenvalue weighted by atomic mass is 9.94. The van der Waals surface area contributed by atoms with E-state index in [-0.39, 0.29) is 16.5 Å². The van der Waals surface area contributed by atoms with E-state index in [4.69, 9.17) is 0 Å². The van der Waals surface area contributed by atoms with Crippen LogP contribution in [0.25, 0.3) is 11.1 Å². The molecule has 0 radical (unpaired) electrons. The fourth-order valence-electron chi connectivity index (χ4n) is 5.25. The Hall–Kier alpha value is -3.27. The summed E-state index contributed by atoms with van der Waals surface area (Å²) < 4.78 is 54.3. The number of rotatable bonds is 6. The molecule has 1 aliphatic heterocycles. The van der Waals surface area contributed by atoms with Crippen LogP contribution in [0.2, 0.25) is 0 Å². The van der Waals surface area contributed by atoms with E-state index in [1.54, 1.807) is 25.1 Å². The van der Waals surface area contributed by atoms with E-state index >= 15 is 0 Å². The van der Waals surface area contributed by atoms with Gasteiger partial charge >= 0.3 is 11.9 Å². The van der Waals surface area contributed by atoms with E-state index in [9.17, 15) is 27.2 Å². The second-order valence-electron chi connectivity index (χ2n) is 9.51. The number of alkyl halides is 3. The first kappa shape index (κ1) is 23.5. The van der Waals surface area contributed by atoms with Crippen molar-refractivity contribution in [2.24, 2.45) is 5.92 Å². The fourth-order valence-corrected chi connectivity index (χ4v) is 5.25. The number of fused-ring (bicyclic) bond motifs is 1. The number of aromatic nitrogens is 3. The van der Waals surface area contributed by atoms with Crippen LogP contribution in [-0.4, -0.2) is 39.1 Å². The predicted octanol–water partition coefficient (Wildman–Crippen LogP) is 3.73. The normalized spacial score (nSPS) is 21.8. The van der Waals surface area contributed by atoms with Gasteiger partial charge in [-0.05, 0) is 62.1 Å². The Balaban J connectivity index is 1.24. The standard InChI is InChI=1S/C25H24F4N4O2/c1-15-3-8-19(21(26)30-15)20-13-33(23(35)31-22(20)34)10-2-9-32-12-18-11-24(18,14-32)16-4-6-17(7-5-16)25(27,28)29/h3-8,13,18H,2,9-12,14H2,1H3,(H,31,34,35)/t18-,24+/m0/s1. The molecule has 6 nitrogen and oxygen atoms in total. The highest BCUT2D eigenvalue weighted by Gasteiger charge is 2.60. The van der Waals surface area contributed by atoms with Gasteiger partial charge in [0.1, 0.15) is 0 Å². The Labute approximate surface area is 198 Å². The van der Waals surface area contributed by atoms with Gasteiger partial charge in [-0.25, -0.2) is 9.78 Å². The molecule has 1 aromatic carbocycles. The second-order valence-corrected chi connectivity index (χ2v) is 9.51. The Bertz CT molecular complexity index is 1380. The Morgan fingerprint density at radius 2 is 1.83 bits per heavy atom. The van der Waals surface area contributed by atoms with Crippen molar-refractivity contribution < 1.29 is 17.6 Å². The summed E-state index contributed by atoms with van der Waals surface area (Å²) in [7, 11) is 0. The minimum absolute atomic E-state index is 0.0312. The van der Waals surface area contributed by atoms with Crippen molar-refractivity contribution in [2.75, 3.05) is 19.6 Å². The van der Waals surface area contributed by atoms with Crippen LogP contribution in [0.15, 0.2) is 52.2 Å². The molecule has 3 aromatic rings. The maximum Gasteiger partial charge on any atom is 0.416 e. The van der Waals surface area contributed by atoms with E-state index in [1.807, 2.05) is 0 Å². The molecule has 3 heterocycles. The van der Waals surface area contributed by atoms with Crippen LogP contribution in [0, 0.1) is 18.8 Å². The first-order valence-corrected chi connectivity index (χ1v) is 11.4. The van der Waals surface area contributed by atoms with E-state index < -0.39 is 28.9 Å². The molecular weight excluding hydrogens is 464 g/mol. The third-order valence-corrected chi connectivity index (χ3v) is 7.17. The maximum atomic E-state index is 14.3. The molecule has 1 saturated carbocycles. The predicted molar refractivity (Wildman–Crippen MR) is 122 cm³/mol. The quantitative estimate of drug-likeness (QED) is 0.424. The van der Waals surface area contributed by atoms with Gasteiger partial charge in [0, 0.05) is 42.5 Å². The molecule has 0 bridgehead atoms. The zero-order valence-corrected chi connectivity index (χ0v) is 19.0. The molecule has 5 rings (SSSR count). The smallest absolute Gasteiger partial charge is 0.302 e. The van der Waals surface area contributed by atoms with Crippen molar-refractivity contribution in [2.45, 2.75) is 37.9 Å². The number of hydrogen-bond donors (Lipinski definition) is 1. The van der Waals surface area contributed by atoms with Crippen molar-refractivity contribution >= 4 is 0 Å². The molecule has 10 heteroatoms. The number of aryl methyl sites for hydroxylation is 2. The molecule has 184 valence electrons. The molecular formula is C25H24F4N4O2. The minimum atomic E-state index is -4.34. The van der Waals surface area contributed by atoms with Crippen LogP contribution in [0.4, 0.5) is 17.6 Å². The summed E-state index contributed by atoms with van der Waals surface area (Å²) in [5.74, 6) is -0.357. The van der Waals surface area contributed by atoms with Crippen LogP contribution >= 0.6 is 0 Å². The number of pyridine rings is 1. The number of likely N-dealkylation sites (tertiary alicyclic amines) is 1. The molecule has 2 atom stereocenters. The number of halogens is 4. The monoisotopic (exact) mass is 488 g/mol. The second kappa shape index (κ2) is 8.44. The van der Waals surface area contributed by atoms with Gasteiger partial charge in [-0.3, -0.25) is 14.3 Å². The summed E-state index contributed by atoms with van der Waals surface area (Å²) in [6, 6.07) is 8.54. The zero-order chi connectivity index (χ0) is 25.0. The van der Waals surface area contributed by atoms with E-state index in [0.29, 0.717) is 31.1 Å². The molecule has 0 unspecified atom stereocenters. The molecule has 35 heavy (non-hydrogen) atoms. The van der Waals surface area contributed by atoms with Crippen molar-refractivity contribution in [1.29, 1.82) is 0 Å². The maximum absolute atomic E-state index is 14.3. The van der Waals surface area contributed by atoms with Crippen molar-refractivity contribution in [3.05, 3.63) is 86.2 Å². The van der Waals surface area contributed by atoms with Crippen molar-refractivity contribution in [3.8, 4) is 11.1 Å². The number of aromatic amines is 1. The lowest BCUT2D eigenvalue weighted by molar-refractivity contribution is -0.137. The summed E-state index contributed by atoms with van der Waals surface area (Å²) in [6.07, 6.45) is -1.40. The third kappa shape index (κ3) is 4.42. The summed E-state index contributed by atoms with van der Waals surface area (Å²) >= 11 is 0. The van der Waals surface area contributed by atoms with E-state index in [1.165, 1.54) is 16.8 Å². The topological polar surface area (TPSA) is 71.0 Å². The number of piperidine rings is 1. The van der Waals surface area contributed by atoms with Crippen LogP contribution in [-0.2, 0) is 18.1 Å². The number of benzene rings is 1. The molecule has 2 aromatic heterocycles. The highest BCUT2D eigenvalue weighted by molar-refractivity contribution is 5.61. The van der Waals surface area contributed by atoms with Crippen molar-refractivity contribution in [1.82, 2.24) is 19.4 Å². The summed E-state index contributed by atoms with van der Waals surface area (Å²) in [5.41, 5.74) is -0.485. The Morgan fingerprint density at radius 1 is 1.09 bits per heavy atom. The lowest BCUT2D eigenvalue weighted by Crippen LogP contribution is -2.32. The van der Waals surface area contributed by atoms with Crippen LogP contribution in [0.1, 0.15) is 29.7 Å². The summed E-state index contributed by atoms with van der Waals surface area (Å²) in [6.45, 7) is 4.28. The molecule has 1 aliphatic carbocycles. The summed E-state index contributed by atoms with van der Waals surface area (Å²) in [4.78, 5) is 32.8. The highest BCUT2D eigenvalue weighted by Crippen LogP contribution is 2.59. The zero-order valence-electron chi connectivity index (χ0n) is 19.0. The number of hydrogen-bond acceptors (Lipinski definition) is 4. The molecule has 0 spiro atoms. The highest BCUT2D eigenvalue weighted by atomic mass is 19.4. The van der Waals surface area contributed by atoms with Gasteiger partial charge in [-0.2, -0.15) is 17.6 Å². The molecule has 1 saturated heterocycles. The van der Waals surface area contributed by atoms with Gasteiger partial charge in [0.25, 0.3) is 5.56 Å². The molecule has 2 fully saturated rings. The first-order valence-electron chi connectivity index (χ1n) is 11.4. The van der Waals surface area contributed by atoms with Gasteiger partial charge in [0.05, 0.1) is 11.1 Å². The Morgan fingerprint density at radius 3 is 2.51 bits per heavy atom.